The number of aromatic amines is 1. The summed E-state index contributed by atoms with van der Waals surface area (Å²) in [4.78, 5) is 3.18. The molecule has 0 fully saturated rings. The van der Waals surface area contributed by atoms with Gasteiger partial charge < -0.3 is 10.7 Å². The number of nitrogens with two attached hydrogens (primary N) is 1. The Morgan fingerprint density at radius 2 is 2.07 bits per heavy atom. The van der Waals surface area contributed by atoms with E-state index >= 15 is 0 Å². The minimum atomic E-state index is -0.139. The van der Waals surface area contributed by atoms with Gasteiger partial charge >= 0.3 is 0 Å². The van der Waals surface area contributed by atoms with Crippen molar-refractivity contribution in [2.24, 2.45) is 5.73 Å². The number of hydrogen-bond acceptors (Lipinski definition) is 1. The molecule has 0 saturated carbocycles. The lowest BCUT2D eigenvalue weighted by atomic mass is 10.0. The highest BCUT2D eigenvalue weighted by molar-refractivity contribution is 5.81. The van der Waals surface area contributed by atoms with Gasteiger partial charge in [0.15, 0.2) is 0 Å². The van der Waals surface area contributed by atoms with Crippen molar-refractivity contribution in [3.05, 3.63) is 35.3 Å². The van der Waals surface area contributed by atoms with Crippen molar-refractivity contribution in [1.82, 2.24) is 4.98 Å². The number of fused-ring (bicyclic) bond motifs is 1. The molecule has 0 unspecified atom stereocenters. The summed E-state index contributed by atoms with van der Waals surface area (Å²) in [6.45, 7) is 4.42. The van der Waals surface area contributed by atoms with Gasteiger partial charge in [-0.15, -0.1) is 0 Å². The van der Waals surface area contributed by atoms with Crippen LogP contribution in [0.2, 0.25) is 0 Å². The van der Waals surface area contributed by atoms with Crippen LogP contribution in [0.4, 0.5) is 4.39 Å². The summed E-state index contributed by atoms with van der Waals surface area (Å²) in [5.41, 5.74) is 8.16. The predicted molar refractivity (Wildman–Crippen MR) is 60.2 cm³/mol. The third-order valence-electron chi connectivity index (χ3n) is 2.64. The van der Waals surface area contributed by atoms with Gasteiger partial charge in [-0.05, 0) is 29.7 Å². The molecular formula is C12H15FN2. The van der Waals surface area contributed by atoms with Gasteiger partial charge in [0.05, 0.1) is 0 Å². The van der Waals surface area contributed by atoms with Gasteiger partial charge in [0.2, 0.25) is 0 Å². The van der Waals surface area contributed by atoms with Crippen LogP contribution in [0.5, 0.6) is 0 Å². The van der Waals surface area contributed by atoms with E-state index in [0.29, 0.717) is 6.54 Å². The average Bonchev–Trinajstić information content (AvgIpc) is 2.58. The summed E-state index contributed by atoms with van der Waals surface area (Å²) in [5, 5.41) is 0.886. The third kappa shape index (κ3) is 1.75. The van der Waals surface area contributed by atoms with Gasteiger partial charge in [-0.25, -0.2) is 4.39 Å². The van der Waals surface area contributed by atoms with Gasteiger partial charge in [-0.2, -0.15) is 0 Å². The van der Waals surface area contributed by atoms with Crippen LogP contribution in [-0.4, -0.2) is 4.98 Å². The lowest BCUT2D eigenvalue weighted by Crippen LogP contribution is -1.95. The molecule has 2 rings (SSSR count). The molecule has 0 spiro atoms. The third-order valence-corrected chi connectivity index (χ3v) is 2.64. The first-order valence-corrected chi connectivity index (χ1v) is 5.13. The van der Waals surface area contributed by atoms with Crippen LogP contribution in [0.15, 0.2) is 18.2 Å². The van der Waals surface area contributed by atoms with Gasteiger partial charge in [-0.3, -0.25) is 0 Å². The van der Waals surface area contributed by atoms with E-state index < -0.39 is 0 Å². The maximum absolute atomic E-state index is 13.6. The van der Waals surface area contributed by atoms with E-state index in [2.05, 4.69) is 4.98 Å². The second-order valence-corrected chi connectivity index (χ2v) is 4.11. The molecule has 0 aliphatic rings. The second-order valence-electron chi connectivity index (χ2n) is 4.11. The first-order chi connectivity index (χ1) is 7.11. The Bertz CT molecular complexity index is 486. The molecule has 2 nitrogen and oxygen atoms in total. The smallest absolute Gasteiger partial charge is 0.127 e. The maximum atomic E-state index is 13.6. The molecule has 0 aliphatic carbocycles. The number of hydrogen-bond donors (Lipinski definition) is 2. The molecule has 0 aliphatic heterocycles. The van der Waals surface area contributed by atoms with E-state index in [1.54, 1.807) is 6.07 Å². The van der Waals surface area contributed by atoms with Crippen molar-refractivity contribution in [1.29, 1.82) is 0 Å². The molecule has 1 aromatic heterocycles. The van der Waals surface area contributed by atoms with Crippen LogP contribution in [0, 0.1) is 5.82 Å². The Morgan fingerprint density at radius 3 is 2.67 bits per heavy atom. The summed E-state index contributed by atoms with van der Waals surface area (Å²) in [6, 6.07) is 5.33. The Balaban J connectivity index is 2.63. The number of benzene rings is 1. The first-order valence-electron chi connectivity index (χ1n) is 5.13. The summed E-state index contributed by atoms with van der Waals surface area (Å²) < 4.78 is 13.6. The van der Waals surface area contributed by atoms with Gasteiger partial charge in [0.1, 0.15) is 5.82 Å². The summed E-state index contributed by atoms with van der Waals surface area (Å²) in [5.74, 6) is 0.0547. The molecule has 1 aromatic carbocycles. The lowest BCUT2D eigenvalue weighted by molar-refractivity contribution is 0.600. The molecule has 0 bridgehead atoms. The maximum Gasteiger partial charge on any atom is 0.127 e. The standard InChI is InChI=1S/C12H15FN2/c1-7(2)10-5-12-8(4-11(10)13)3-9(6-14)15-12/h3-5,7,15H,6,14H2,1-2H3. The van der Waals surface area contributed by atoms with Crippen LogP contribution in [0.1, 0.15) is 31.0 Å². The van der Waals surface area contributed by atoms with E-state index in [0.717, 1.165) is 22.2 Å². The van der Waals surface area contributed by atoms with Crippen molar-refractivity contribution < 1.29 is 4.39 Å². The van der Waals surface area contributed by atoms with E-state index in [1.165, 1.54) is 0 Å². The molecule has 0 saturated heterocycles. The molecule has 1 heterocycles. The molecule has 2 aromatic rings. The predicted octanol–water partition coefficient (Wildman–Crippen LogP) is 2.89. The highest BCUT2D eigenvalue weighted by atomic mass is 19.1. The highest BCUT2D eigenvalue weighted by Gasteiger charge is 2.09. The Labute approximate surface area is 88.3 Å². The van der Waals surface area contributed by atoms with Crippen LogP contribution in [0.25, 0.3) is 10.9 Å². The fourth-order valence-electron chi connectivity index (χ4n) is 1.78. The number of aromatic nitrogens is 1. The lowest BCUT2D eigenvalue weighted by Gasteiger charge is -2.06. The van der Waals surface area contributed by atoms with Gasteiger partial charge in [-0.1, -0.05) is 13.8 Å². The molecule has 0 amide bonds. The van der Waals surface area contributed by atoms with Crippen LogP contribution in [-0.2, 0) is 6.54 Å². The van der Waals surface area contributed by atoms with Gasteiger partial charge in [0.25, 0.3) is 0 Å². The monoisotopic (exact) mass is 206 g/mol. The van der Waals surface area contributed by atoms with E-state index in [9.17, 15) is 4.39 Å². The Hall–Kier alpha value is -1.35. The highest BCUT2D eigenvalue weighted by Crippen LogP contribution is 2.24. The van der Waals surface area contributed by atoms with Crippen molar-refractivity contribution in [2.45, 2.75) is 26.3 Å². The molecule has 3 N–H and O–H groups in total. The number of H-pyrrole nitrogens is 1. The molecule has 80 valence electrons. The van der Waals surface area contributed by atoms with Crippen molar-refractivity contribution in [2.75, 3.05) is 0 Å². The first kappa shape index (κ1) is 10.2. The van der Waals surface area contributed by atoms with E-state index in [-0.39, 0.29) is 11.7 Å². The zero-order valence-corrected chi connectivity index (χ0v) is 8.97. The zero-order chi connectivity index (χ0) is 11.0. The van der Waals surface area contributed by atoms with Crippen LogP contribution < -0.4 is 5.73 Å². The fraction of sp³-hybridized carbons (Fsp3) is 0.333. The van der Waals surface area contributed by atoms with Crippen molar-refractivity contribution in [3.63, 3.8) is 0 Å². The summed E-state index contributed by atoms with van der Waals surface area (Å²) >= 11 is 0. The van der Waals surface area contributed by atoms with Crippen LogP contribution in [0.3, 0.4) is 0 Å². The minimum Gasteiger partial charge on any atom is -0.357 e. The Kier molecular flexibility index (Phi) is 2.49. The molecule has 0 atom stereocenters. The normalized spacial score (nSPS) is 11.5. The molecule has 15 heavy (non-hydrogen) atoms. The van der Waals surface area contributed by atoms with E-state index in [4.69, 9.17) is 5.73 Å². The van der Waals surface area contributed by atoms with E-state index in [1.807, 2.05) is 26.0 Å². The Morgan fingerprint density at radius 1 is 1.33 bits per heavy atom. The van der Waals surface area contributed by atoms with Gasteiger partial charge in [0, 0.05) is 23.1 Å². The molecule has 3 heteroatoms. The van der Waals surface area contributed by atoms with Crippen LogP contribution >= 0.6 is 0 Å². The summed E-state index contributed by atoms with van der Waals surface area (Å²) in [6.07, 6.45) is 0. The molecule has 0 radical (unpaired) electrons. The quantitative estimate of drug-likeness (QED) is 0.779. The van der Waals surface area contributed by atoms with Crippen molar-refractivity contribution in [3.8, 4) is 0 Å². The molecular weight excluding hydrogens is 191 g/mol. The minimum absolute atomic E-state index is 0.139. The topological polar surface area (TPSA) is 41.8 Å². The fourth-order valence-corrected chi connectivity index (χ4v) is 1.78. The second kappa shape index (κ2) is 3.66. The number of halogens is 1. The summed E-state index contributed by atoms with van der Waals surface area (Å²) in [7, 11) is 0. The average molecular weight is 206 g/mol. The zero-order valence-electron chi connectivity index (χ0n) is 8.97. The largest absolute Gasteiger partial charge is 0.357 e. The van der Waals surface area contributed by atoms with Crippen molar-refractivity contribution >= 4 is 10.9 Å². The SMILES string of the molecule is CC(C)c1cc2[nH]c(CN)cc2cc1F. The number of rotatable bonds is 2. The number of nitrogens with one attached hydrogen (secondary N) is 1.